The standard InChI is InChI=1S/C18H28N2O/c1-19(2)16-10-11-20(14-16)13-15-6-5-9-18(12-15)21-17-7-3-4-8-17/h5-6,9,12,16-17H,3-4,7-8,10-11,13-14H2,1-2H3/t16-/m1/s1. The fraction of sp³-hybridized carbons (Fsp3) is 0.667. The van der Waals surface area contributed by atoms with E-state index in [0.29, 0.717) is 12.1 Å². The molecule has 1 aliphatic carbocycles. The van der Waals surface area contributed by atoms with Gasteiger partial charge in [-0.25, -0.2) is 0 Å². The molecule has 0 N–H and O–H groups in total. The molecule has 3 heteroatoms. The molecule has 1 saturated carbocycles. The maximum Gasteiger partial charge on any atom is 0.120 e. The Morgan fingerprint density at radius 3 is 2.71 bits per heavy atom. The van der Waals surface area contributed by atoms with E-state index in [2.05, 4.69) is 48.2 Å². The van der Waals surface area contributed by atoms with Crippen LogP contribution in [-0.4, -0.2) is 49.1 Å². The van der Waals surface area contributed by atoms with Crippen LogP contribution in [0.15, 0.2) is 24.3 Å². The van der Waals surface area contributed by atoms with Gasteiger partial charge in [0.1, 0.15) is 5.75 Å². The lowest BCUT2D eigenvalue weighted by atomic mass is 10.2. The van der Waals surface area contributed by atoms with Gasteiger partial charge < -0.3 is 9.64 Å². The molecule has 116 valence electrons. The van der Waals surface area contributed by atoms with Crippen LogP contribution in [0.4, 0.5) is 0 Å². The fourth-order valence-electron chi connectivity index (χ4n) is 3.55. The van der Waals surface area contributed by atoms with Crippen LogP contribution in [0, 0.1) is 0 Å². The van der Waals surface area contributed by atoms with Crippen molar-refractivity contribution >= 4 is 0 Å². The molecule has 0 unspecified atom stereocenters. The van der Waals surface area contributed by atoms with Gasteiger partial charge in [-0.1, -0.05) is 12.1 Å². The van der Waals surface area contributed by atoms with Gasteiger partial charge in [-0.3, -0.25) is 4.90 Å². The van der Waals surface area contributed by atoms with Gasteiger partial charge >= 0.3 is 0 Å². The monoisotopic (exact) mass is 288 g/mol. The fourth-order valence-corrected chi connectivity index (χ4v) is 3.55. The number of nitrogens with zero attached hydrogens (tertiary/aromatic N) is 2. The highest BCUT2D eigenvalue weighted by Gasteiger charge is 2.24. The smallest absolute Gasteiger partial charge is 0.120 e. The first-order valence-corrected chi connectivity index (χ1v) is 8.35. The predicted octanol–water partition coefficient (Wildman–Crippen LogP) is 3.14. The number of hydrogen-bond acceptors (Lipinski definition) is 3. The van der Waals surface area contributed by atoms with Crippen molar-refractivity contribution in [2.75, 3.05) is 27.2 Å². The maximum absolute atomic E-state index is 6.11. The summed E-state index contributed by atoms with van der Waals surface area (Å²) in [5.41, 5.74) is 1.38. The molecule has 0 spiro atoms. The van der Waals surface area contributed by atoms with E-state index in [1.54, 1.807) is 0 Å². The average molecular weight is 288 g/mol. The summed E-state index contributed by atoms with van der Waals surface area (Å²) in [6.07, 6.45) is 6.83. The largest absolute Gasteiger partial charge is 0.490 e. The summed E-state index contributed by atoms with van der Waals surface area (Å²) < 4.78 is 6.11. The van der Waals surface area contributed by atoms with E-state index in [4.69, 9.17) is 4.74 Å². The molecule has 1 aromatic rings. The normalized spacial score (nSPS) is 24.0. The Morgan fingerprint density at radius 2 is 2.00 bits per heavy atom. The van der Waals surface area contributed by atoms with Crippen LogP contribution in [0.2, 0.25) is 0 Å². The molecule has 0 radical (unpaired) electrons. The number of benzene rings is 1. The van der Waals surface area contributed by atoms with Gasteiger partial charge in [0.15, 0.2) is 0 Å². The minimum absolute atomic E-state index is 0.449. The zero-order chi connectivity index (χ0) is 14.7. The predicted molar refractivity (Wildman–Crippen MR) is 86.7 cm³/mol. The zero-order valence-electron chi connectivity index (χ0n) is 13.4. The first kappa shape index (κ1) is 14.9. The van der Waals surface area contributed by atoms with Crippen LogP contribution in [0.25, 0.3) is 0 Å². The highest BCUT2D eigenvalue weighted by molar-refractivity contribution is 5.28. The van der Waals surface area contributed by atoms with Crippen LogP contribution >= 0.6 is 0 Å². The molecule has 3 rings (SSSR count). The van der Waals surface area contributed by atoms with Crippen LogP contribution in [0.3, 0.4) is 0 Å². The Labute approximate surface area is 128 Å². The van der Waals surface area contributed by atoms with Gasteiger partial charge in [0.05, 0.1) is 6.10 Å². The molecular formula is C18H28N2O. The lowest BCUT2D eigenvalue weighted by molar-refractivity contribution is 0.209. The van der Waals surface area contributed by atoms with Crippen molar-refractivity contribution in [1.29, 1.82) is 0 Å². The molecule has 1 saturated heterocycles. The van der Waals surface area contributed by atoms with Gasteiger partial charge in [-0.05, 0) is 63.9 Å². The lowest BCUT2D eigenvalue weighted by Gasteiger charge is -2.20. The minimum Gasteiger partial charge on any atom is -0.490 e. The molecule has 0 bridgehead atoms. The van der Waals surface area contributed by atoms with E-state index in [-0.39, 0.29) is 0 Å². The maximum atomic E-state index is 6.11. The Balaban J connectivity index is 1.56. The van der Waals surface area contributed by atoms with Crippen LogP contribution < -0.4 is 4.74 Å². The summed E-state index contributed by atoms with van der Waals surface area (Å²) in [7, 11) is 4.37. The Morgan fingerprint density at radius 1 is 1.19 bits per heavy atom. The van der Waals surface area contributed by atoms with Crippen molar-refractivity contribution in [3.8, 4) is 5.75 Å². The van der Waals surface area contributed by atoms with E-state index < -0.39 is 0 Å². The number of hydrogen-bond donors (Lipinski definition) is 0. The summed E-state index contributed by atoms with van der Waals surface area (Å²) in [6.45, 7) is 3.43. The molecule has 2 fully saturated rings. The lowest BCUT2D eigenvalue weighted by Crippen LogP contribution is -2.31. The highest BCUT2D eigenvalue weighted by Crippen LogP contribution is 2.25. The van der Waals surface area contributed by atoms with Crippen LogP contribution in [0.5, 0.6) is 5.75 Å². The molecule has 2 aliphatic rings. The summed E-state index contributed by atoms with van der Waals surface area (Å²) in [4.78, 5) is 4.90. The molecule has 1 aromatic carbocycles. The second-order valence-corrected chi connectivity index (χ2v) is 6.81. The topological polar surface area (TPSA) is 15.7 Å². The number of likely N-dealkylation sites (N-methyl/N-ethyl adjacent to an activating group) is 1. The molecule has 1 aliphatic heterocycles. The van der Waals surface area contributed by atoms with E-state index in [9.17, 15) is 0 Å². The van der Waals surface area contributed by atoms with E-state index in [1.165, 1.54) is 50.8 Å². The van der Waals surface area contributed by atoms with Gasteiger partial charge in [0.2, 0.25) is 0 Å². The Kier molecular flexibility index (Phi) is 4.81. The van der Waals surface area contributed by atoms with Crippen molar-refractivity contribution in [3.63, 3.8) is 0 Å². The van der Waals surface area contributed by atoms with Crippen molar-refractivity contribution in [2.45, 2.75) is 50.8 Å². The Hall–Kier alpha value is -1.06. The van der Waals surface area contributed by atoms with Crippen LogP contribution in [-0.2, 0) is 6.54 Å². The van der Waals surface area contributed by atoms with E-state index >= 15 is 0 Å². The number of likely N-dealkylation sites (tertiary alicyclic amines) is 1. The molecule has 0 aromatic heterocycles. The Bertz CT molecular complexity index is 454. The number of rotatable bonds is 5. The second-order valence-electron chi connectivity index (χ2n) is 6.81. The third kappa shape index (κ3) is 3.98. The van der Waals surface area contributed by atoms with E-state index in [0.717, 1.165) is 12.3 Å². The average Bonchev–Trinajstić information content (AvgIpc) is 3.11. The molecular weight excluding hydrogens is 260 g/mol. The SMILES string of the molecule is CN(C)[C@@H]1CCN(Cc2cccc(OC3CCCC3)c2)C1. The zero-order valence-corrected chi connectivity index (χ0v) is 13.4. The molecule has 21 heavy (non-hydrogen) atoms. The second kappa shape index (κ2) is 6.80. The van der Waals surface area contributed by atoms with Crippen molar-refractivity contribution in [1.82, 2.24) is 9.80 Å². The third-order valence-electron chi connectivity index (χ3n) is 4.89. The molecule has 1 atom stereocenters. The molecule has 3 nitrogen and oxygen atoms in total. The minimum atomic E-state index is 0.449. The summed E-state index contributed by atoms with van der Waals surface area (Å²) >= 11 is 0. The van der Waals surface area contributed by atoms with Gasteiger partial charge in [0, 0.05) is 25.7 Å². The first-order chi connectivity index (χ1) is 10.2. The van der Waals surface area contributed by atoms with Crippen molar-refractivity contribution in [3.05, 3.63) is 29.8 Å². The van der Waals surface area contributed by atoms with Crippen molar-refractivity contribution in [2.24, 2.45) is 0 Å². The summed E-state index contributed by atoms with van der Waals surface area (Å²) in [5.74, 6) is 1.06. The van der Waals surface area contributed by atoms with Crippen LogP contribution in [0.1, 0.15) is 37.7 Å². The van der Waals surface area contributed by atoms with Crippen molar-refractivity contribution < 1.29 is 4.74 Å². The van der Waals surface area contributed by atoms with Gasteiger partial charge in [0.25, 0.3) is 0 Å². The quantitative estimate of drug-likeness (QED) is 0.828. The van der Waals surface area contributed by atoms with E-state index in [1.807, 2.05) is 0 Å². The number of ether oxygens (including phenoxy) is 1. The molecule has 0 amide bonds. The summed E-state index contributed by atoms with van der Waals surface area (Å²) in [6, 6.07) is 9.42. The highest BCUT2D eigenvalue weighted by atomic mass is 16.5. The summed E-state index contributed by atoms with van der Waals surface area (Å²) in [5, 5.41) is 0. The van der Waals surface area contributed by atoms with Gasteiger partial charge in [-0.15, -0.1) is 0 Å². The molecule has 1 heterocycles. The third-order valence-corrected chi connectivity index (χ3v) is 4.89. The van der Waals surface area contributed by atoms with Gasteiger partial charge in [-0.2, -0.15) is 0 Å². The first-order valence-electron chi connectivity index (χ1n) is 8.35.